The van der Waals surface area contributed by atoms with Crippen LogP contribution in [0.25, 0.3) is 11.4 Å². The zero-order chi connectivity index (χ0) is 27.2. The van der Waals surface area contributed by atoms with Crippen molar-refractivity contribution in [2.24, 2.45) is 5.92 Å². The SMILES string of the molecule is CCOC(=O)c1c(NC(=O)CSc2nnc(-c3ccc(N(CC)CC)cc3)n2CC)sc2c1CCC(C)C2. The predicted molar refractivity (Wildman–Crippen MR) is 156 cm³/mol. The maximum atomic E-state index is 13.0. The first-order valence-corrected chi connectivity index (χ1v) is 15.2. The van der Waals surface area contributed by atoms with E-state index in [1.54, 1.807) is 6.92 Å². The highest BCUT2D eigenvalue weighted by Crippen LogP contribution is 2.40. The van der Waals surface area contributed by atoms with Crippen LogP contribution in [0.5, 0.6) is 0 Å². The normalized spacial score (nSPS) is 14.7. The number of thiophene rings is 1. The van der Waals surface area contributed by atoms with Gasteiger partial charge in [-0.05, 0) is 82.7 Å². The zero-order valence-corrected chi connectivity index (χ0v) is 24.5. The van der Waals surface area contributed by atoms with Crippen molar-refractivity contribution in [1.82, 2.24) is 14.8 Å². The molecule has 1 aliphatic rings. The van der Waals surface area contributed by atoms with E-state index in [9.17, 15) is 9.59 Å². The van der Waals surface area contributed by atoms with Crippen LogP contribution in [-0.2, 0) is 28.9 Å². The molecule has 2 heterocycles. The van der Waals surface area contributed by atoms with E-state index in [4.69, 9.17) is 4.74 Å². The quantitative estimate of drug-likeness (QED) is 0.233. The van der Waals surface area contributed by atoms with Crippen molar-refractivity contribution in [3.63, 3.8) is 0 Å². The maximum absolute atomic E-state index is 13.0. The van der Waals surface area contributed by atoms with Crippen LogP contribution in [0.2, 0.25) is 0 Å². The van der Waals surface area contributed by atoms with Gasteiger partial charge in [0.1, 0.15) is 5.00 Å². The number of nitrogens with one attached hydrogen (secondary N) is 1. The second-order valence-electron chi connectivity index (χ2n) is 9.38. The Bertz CT molecular complexity index is 1260. The molecule has 2 aromatic heterocycles. The molecule has 3 aromatic rings. The third-order valence-corrected chi connectivity index (χ3v) is 9.00. The minimum atomic E-state index is -0.357. The number of esters is 1. The summed E-state index contributed by atoms with van der Waals surface area (Å²) >= 11 is 2.85. The molecule has 0 bridgehead atoms. The van der Waals surface area contributed by atoms with Gasteiger partial charge >= 0.3 is 5.97 Å². The smallest absolute Gasteiger partial charge is 0.341 e. The Labute approximate surface area is 233 Å². The fourth-order valence-corrected chi connectivity index (χ4v) is 7.07. The lowest BCUT2D eigenvalue weighted by molar-refractivity contribution is -0.113. The van der Waals surface area contributed by atoms with E-state index in [-0.39, 0.29) is 17.6 Å². The number of hydrogen-bond donors (Lipinski definition) is 1. The molecule has 38 heavy (non-hydrogen) atoms. The summed E-state index contributed by atoms with van der Waals surface area (Å²) in [7, 11) is 0. The van der Waals surface area contributed by atoms with Crippen molar-refractivity contribution in [1.29, 1.82) is 0 Å². The second-order valence-corrected chi connectivity index (χ2v) is 11.4. The molecule has 0 fully saturated rings. The molecule has 0 spiro atoms. The summed E-state index contributed by atoms with van der Waals surface area (Å²) in [6.07, 6.45) is 2.80. The van der Waals surface area contributed by atoms with Crippen molar-refractivity contribution >= 4 is 45.7 Å². The molecule has 0 saturated carbocycles. The number of hydrogen-bond acceptors (Lipinski definition) is 8. The number of anilines is 2. The van der Waals surface area contributed by atoms with Gasteiger partial charge in [-0.25, -0.2) is 4.79 Å². The molecule has 1 N–H and O–H groups in total. The first kappa shape index (κ1) is 28.2. The second kappa shape index (κ2) is 12.8. The van der Waals surface area contributed by atoms with E-state index < -0.39 is 0 Å². The highest BCUT2D eigenvalue weighted by atomic mass is 32.2. The molecule has 1 aliphatic carbocycles. The lowest BCUT2D eigenvalue weighted by atomic mass is 9.88. The highest BCUT2D eigenvalue weighted by Gasteiger charge is 2.29. The van der Waals surface area contributed by atoms with Crippen molar-refractivity contribution in [2.45, 2.75) is 65.6 Å². The van der Waals surface area contributed by atoms with E-state index in [2.05, 4.69) is 65.5 Å². The van der Waals surface area contributed by atoms with E-state index in [0.29, 0.717) is 34.8 Å². The van der Waals surface area contributed by atoms with Gasteiger partial charge in [-0.15, -0.1) is 21.5 Å². The van der Waals surface area contributed by atoms with Gasteiger partial charge in [0.2, 0.25) is 5.91 Å². The lowest BCUT2D eigenvalue weighted by Crippen LogP contribution is -2.21. The predicted octanol–water partition coefficient (Wildman–Crippen LogP) is 5.91. The molecule has 204 valence electrons. The fraction of sp³-hybridized carbons (Fsp3) is 0.500. The van der Waals surface area contributed by atoms with Gasteiger partial charge in [0.15, 0.2) is 11.0 Å². The molecule has 0 radical (unpaired) electrons. The number of benzene rings is 1. The monoisotopic (exact) mass is 555 g/mol. The molecule has 1 unspecified atom stereocenters. The van der Waals surface area contributed by atoms with Crippen LogP contribution in [0.3, 0.4) is 0 Å². The van der Waals surface area contributed by atoms with Crippen LogP contribution >= 0.6 is 23.1 Å². The number of carbonyl (C=O) groups is 2. The Kier molecular flexibility index (Phi) is 9.49. The summed E-state index contributed by atoms with van der Waals surface area (Å²) in [4.78, 5) is 29.2. The van der Waals surface area contributed by atoms with Crippen LogP contribution in [-0.4, -0.2) is 52.1 Å². The standard InChI is InChI=1S/C28H37N5O3S2/c1-6-32(7-2)20-13-11-19(12-14-20)25-30-31-28(33(25)8-3)37-17-23(34)29-26-24(27(35)36-9-4)21-15-10-18(5)16-22(21)38-26/h11-14,18H,6-10,15-17H2,1-5H3,(H,29,34). The number of carbonyl (C=O) groups excluding carboxylic acids is 2. The van der Waals surface area contributed by atoms with E-state index in [1.165, 1.54) is 33.7 Å². The van der Waals surface area contributed by atoms with Crippen LogP contribution in [0, 0.1) is 5.92 Å². The Morgan fingerprint density at radius 1 is 1.16 bits per heavy atom. The van der Waals surface area contributed by atoms with E-state index in [1.807, 2.05) is 11.5 Å². The van der Waals surface area contributed by atoms with Gasteiger partial charge in [0, 0.05) is 35.8 Å². The third-order valence-electron chi connectivity index (χ3n) is 6.86. The molecule has 0 aliphatic heterocycles. The van der Waals surface area contributed by atoms with Gasteiger partial charge < -0.3 is 19.5 Å². The summed E-state index contributed by atoms with van der Waals surface area (Å²) < 4.78 is 7.35. The molecule has 1 amide bonds. The maximum Gasteiger partial charge on any atom is 0.341 e. The number of fused-ring (bicyclic) bond motifs is 1. The Morgan fingerprint density at radius 3 is 2.55 bits per heavy atom. The highest BCUT2D eigenvalue weighted by molar-refractivity contribution is 7.99. The molecular formula is C28H37N5O3S2. The van der Waals surface area contributed by atoms with Crippen LogP contribution in [0.15, 0.2) is 29.4 Å². The van der Waals surface area contributed by atoms with Gasteiger partial charge in [0.25, 0.3) is 0 Å². The molecule has 0 saturated heterocycles. The Morgan fingerprint density at radius 2 is 1.89 bits per heavy atom. The summed E-state index contributed by atoms with van der Waals surface area (Å²) in [5.41, 5.74) is 3.74. The topological polar surface area (TPSA) is 89.3 Å². The van der Waals surface area contributed by atoms with Gasteiger partial charge in [-0.2, -0.15) is 0 Å². The molecule has 4 rings (SSSR count). The first-order chi connectivity index (χ1) is 18.4. The lowest BCUT2D eigenvalue weighted by Gasteiger charge is -2.21. The number of nitrogens with zero attached hydrogens (tertiary/aromatic N) is 4. The minimum Gasteiger partial charge on any atom is -0.462 e. The Balaban J connectivity index is 1.47. The van der Waals surface area contributed by atoms with Crippen LogP contribution in [0.4, 0.5) is 10.7 Å². The number of rotatable bonds is 11. The largest absolute Gasteiger partial charge is 0.462 e. The van der Waals surface area contributed by atoms with E-state index in [0.717, 1.165) is 49.3 Å². The van der Waals surface area contributed by atoms with Crippen LogP contribution in [0.1, 0.15) is 61.8 Å². The average molecular weight is 556 g/mol. The number of thioether (sulfide) groups is 1. The van der Waals surface area contributed by atoms with E-state index >= 15 is 0 Å². The van der Waals surface area contributed by atoms with Gasteiger partial charge in [-0.1, -0.05) is 18.7 Å². The van der Waals surface area contributed by atoms with Crippen molar-refractivity contribution in [2.75, 3.05) is 35.7 Å². The summed E-state index contributed by atoms with van der Waals surface area (Å²) in [6.45, 7) is 13.3. The molecule has 1 atom stereocenters. The zero-order valence-electron chi connectivity index (χ0n) is 22.9. The number of ether oxygens (including phenoxy) is 1. The fourth-order valence-electron chi connectivity index (χ4n) is 4.86. The Hall–Kier alpha value is -2.85. The first-order valence-electron chi connectivity index (χ1n) is 13.4. The summed E-state index contributed by atoms with van der Waals surface area (Å²) in [5, 5.41) is 13.1. The summed E-state index contributed by atoms with van der Waals surface area (Å²) in [5.74, 6) is 0.984. The van der Waals surface area contributed by atoms with Crippen molar-refractivity contribution < 1.29 is 14.3 Å². The third kappa shape index (κ3) is 6.07. The minimum absolute atomic E-state index is 0.167. The summed E-state index contributed by atoms with van der Waals surface area (Å²) in [6, 6.07) is 8.36. The number of aromatic nitrogens is 3. The van der Waals surface area contributed by atoms with Crippen LogP contribution < -0.4 is 10.2 Å². The van der Waals surface area contributed by atoms with Crippen molar-refractivity contribution in [3.05, 3.63) is 40.3 Å². The average Bonchev–Trinajstić information content (AvgIpc) is 3.49. The van der Waals surface area contributed by atoms with Crippen molar-refractivity contribution in [3.8, 4) is 11.4 Å². The molecule has 8 nitrogen and oxygen atoms in total. The van der Waals surface area contributed by atoms with Gasteiger partial charge in [0.05, 0.1) is 17.9 Å². The molecular weight excluding hydrogens is 518 g/mol. The molecule has 1 aromatic carbocycles. The number of amides is 1. The van der Waals surface area contributed by atoms with Gasteiger partial charge in [-0.3, -0.25) is 4.79 Å². The molecule has 10 heteroatoms.